The van der Waals surface area contributed by atoms with Crippen molar-refractivity contribution in [2.75, 3.05) is 19.4 Å². The van der Waals surface area contributed by atoms with Gasteiger partial charge in [0.2, 0.25) is 0 Å². The van der Waals surface area contributed by atoms with Gasteiger partial charge in [-0.05, 0) is 37.3 Å². The van der Waals surface area contributed by atoms with E-state index in [2.05, 4.69) is 39.9 Å². The zero-order valence-electron chi connectivity index (χ0n) is 16.3. The molecule has 0 radical (unpaired) electrons. The first kappa shape index (κ1) is 20.9. The molecule has 0 spiro atoms. The van der Waals surface area contributed by atoms with Gasteiger partial charge in [0, 0.05) is 48.0 Å². The average Bonchev–Trinajstić information content (AvgIpc) is 2.69. The lowest BCUT2D eigenvalue weighted by molar-refractivity contribution is 0.134. The van der Waals surface area contributed by atoms with E-state index in [1.165, 1.54) is 11.1 Å². The maximum Gasteiger partial charge on any atom is 0.191 e. The first-order chi connectivity index (χ1) is 12.7. The Balaban J connectivity index is 1.81. The highest BCUT2D eigenvalue weighted by Crippen LogP contribution is 2.23. The summed E-state index contributed by atoms with van der Waals surface area (Å²) >= 11 is 0. The van der Waals surface area contributed by atoms with Crippen molar-refractivity contribution in [3.05, 3.63) is 35.4 Å². The summed E-state index contributed by atoms with van der Waals surface area (Å²) in [7, 11) is 1.10. The van der Waals surface area contributed by atoms with E-state index >= 15 is 0 Å². The zero-order chi connectivity index (χ0) is 18.8. The topological polar surface area (TPSA) is 62.7 Å². The molecule has 0 saturated heterocycles. The van der Waals surface area contributed by atoms with Crippen molar-refractivity contribution in [1.82, 2.24) is 10.6 Å². The van der Waals surface area contributed by atoms with Crippen molar-refractivity contribution in [3.8, 4) is 0 Å². The molecule has 0 aromatic heterocycles. The second-order valence-electron chi connectivity index (χ2n) is 6.68. The summed E-state index contributed by atoms with van der Waals surface area (Å²) in [5.74, 6) is 1.57. The van der Waals surface area contributed by atoms with Crippen molar-refractivity contribution >= 4 is 16.8 Å². The van der Waals surface area contributed by atoms with Gasteiger partial charge in [0.25, 0.3) is 0 Å². The van der Waals surface area contributed by atoms with Crippen molar-refractivity contribution < 1.29 is 8.95 Å². The van der Waals surface area contributed by atoms with E-state index in [0.29, 0.717) is 17.9 Å². The number of guanidine groups is 1. The molecule has 1 saturated carbocycles. The molecular weight excluding hydrogens is 346 g/mol. The number of rotatable bonds is 8. The smallest absolute Gasteiger partial charge is 0.191 e. The molecule has 5 nitrogen and oxygen atoms in total. The minimum absolute atomic E-state index is 0.322. The Hall–Kier alpha value is -1.40. The molecule has 26 heavy (non-hydrogen) atoms. The van der Waals surface area contributed by atoms with Crippen LogP contribution in [0.25, 0.3) is 0 Å². The predicted molar refractivity (Wildman–Crippen MR) is 110 cm³/mol. The Bertz CT molecular complexity index is 589. The van der Waals surface area contributed by atoms with E-state index in [9.17, 15) is 4.21 Å². The van der Waals surface area contributed by atoms with Gasteiger partial charge in [-0.1, -0.05) is 37.6 Å². The van der Waals surface area contributed by atoms with Crippen molar-refractivity contribution in [3.63, 3.8) is 0 Å². The highest BCUT2D eigenvalue weighted by Gasteiger charge is 2.25. The number of hydrogen-bond donors (Lipinski definition) is 2. The number of nitrogens with one attached hydrogen (secondary N) is 2. The molecule has 146 valence electrons. The molecule has 0 amide bonds. The largest absolute Gasteiger partial charge is 0.377 e. The minimum atomic E-state index is -0.700. The van der Waals surface area contributed by atoms with E-state index in [1.54, 1.807) is 7.05 Å². The summed E-state index contributed by atoms with van der Waals surface area (Å²) in [5.41, 5.74) is 2.40. The van der Waals surface area contributed by atoms with Crippen LogP contribution in [0.3, 0.4) is 0 Å². The van der Waals surface area contributed by atoms with Crippen molar-refractivity contribution in [2.24, 2.45) is 4.99 Å². The second kappa shape index (κ2) is 11.3. The number of nitrogens with zero attached hydrogens (tertiary/aromatic N) is 1. The van der Waals surface area contributed by atoms with Crippen LogP contribution < -0.4 is 10.6 Å². The van der Waals surface area contributed by atoms with Gasteiger partial charge < -0.3 is 15.4 Å². The minimum Gasteiger partial charge on any atom is -0.377 e. The third-order valence-corrected chi connectivity index (χ3v) is 6.54. The van der Waals surface area contributed by atoms with Crippen molar-refractivity contribution in [1.29, 1.82) is 0 Å². The molecule has 3 atom stereocenters. The number of hydrogen-bond acceptors (Lipinski definition) is 3. The van der Waals surface area contributed by atoms with Gasteiger partial charge in [0.05, 0.1) is 6.61 Å². The quantitative estimate of drug-likeness (QED) is 0.538. The molecular formula is C20H33N3O2S. The fourth-order valence-electron chi connectivity index (χ4n) is 3.30. The van der Waals surface area contributed by atoms with E-state index in [0.717, 1.165) is 50.5 Å². The van der Waals surface area contributed by atoms with Crippen LogP contribution in [0.2, 0.25) is 0 Å². The maximum absolute atomic E-state index is 12.1. The summed E-state index contributed by atoms with van der Waals surface area (Å²) < 4.78 is 17.5. The lowest BCUT2D eigenvalue weighted by atomic mass is 9.95. The van der Waals surface area contributed by atoms with Crippen LogP contribution in [-0.4, -0.2) is 40.9 Å². The summed E-state index contributed by atoms with van der Waals surface area (Å²) in [6.45, 7) is 6.14. The Kier molecular flexibility index (Phi) is 9.12. The normalized spacial score (nSPS) is 22.0. The Morgan fingerprint density at radius 1 is 1.23 bits per heavy atom. The maximum atomic E-state index is 12.1. The summed E-state index contributed by atoms with van der Waals surface area (Å²) in [5, 5.41) is 7.22. The molecule has 2 rings (SSSR count). The molecule has 0 aliphatic heterocycles. The van der Waals surface area contributed by atoms with Crippen molar-refractivity contribution in [2.45, 2.75) is 64.0 Å². The summed E-state index contributed by atoms with van der Waals surface area (Å²) in [6.07, 6.45) is 4.29. The van der Waals surface area contributed by atoms with Gasteiger partial charge >= 0.3 is 0 Å². The van der Waals surface area contributed by atoms with Gasteiger partial charge in [-0.3, -0.25) is 9.20 Å². The monoisotopic (exact) mass is 379 g/mol. The number of ether oxygens (including phenoxy) is 1. The van der Waals surface area contributed by atoms with Gasteiger partial charge in [-0.15, -0.1) is 0 Å². The fraction of sp³-hybridized carbons (Fsp3) is 0.650. The fourth-order valence-corrected chi connectivity index (χ4v) is 4.65. The Morgan fingerprint density at radius 2 is 1.96 bits per heavy atom. The lowest BCUT2D eigenvalue weighted by Gasteiger charge is -2.30. The first-order valence-corrected chi connectivity index (χ1v) is 11.0. The van der Waals surface area contributed by atoms with Gasteiger partial charge in [0.1, 0.15) is 0 Å². The summed E-state index contributed by atoms with van der Waals surface area (Å²) in [4.78, 5) is 4.34. The van der Waals surface area contributed by atoms with Crippen LogP contribution in [0, 0.1) is 0 Å². The van der Waals surface area contributed by atoms with E-state index in [-0.39, 0.29) is 0 Å². The Labute approximate surface area is 160 Å². The first-order valence-electron chi connectivity index (χ1n) is 9.66. The molecule has 3 unspecified atom stereocenters. The van der Waals surface area contributed by atoms with Gasteiger partial charge in [0.15, 0.2) is 5.96 Å². The molecule has 2 N–H and O–H groups in total. The molecule has 6 heteroatoms. The molecule has 1 aromatic rings. The van der Waals surface area contributed by atoms with Crippen LogP contribution >= 0.6 is 0 Å². The highest BCUT2D eigenvalue weighted by atomic mass is 32.2. The highest BCUT2D eigenvalue weighted by molar-refractivity contribution is 7.85. The molecule has 1 aromatic carbocycles. The molecule has 1 aliphatic carbocycles. The third kappa shape index (κ3) is 6.72. The second-order valence-corrected chi connectivity index (χ2v) is 8.68. The average molecular weight is 380 g/mol. The van der Waals surface area contributed by atoms with Crippen LogP contribution in [-0.2, 0) is 28.7 Å². The number of aliphatic imine (C=N–C) groups is 1. The number of benzene rings is 1. The molecule has 0 heterocycles. The van der Waals surface area contributed by atoms with E-state index < -0.39 is 10.8 Å². The predicted octanol–water partition coefficient (Wildman–Crippen LogP) is 2.97. The van der Waals surface area contributed by atoms with Gasteiger partial charge in [-0.2, -0.15) is 0 Å². The van der Waals surface area contributed by atoms with Crippen LogP contribution in [0.5, 0.6) is 0 Å². The lowest BCUT2D eigenvalue weighted by Crippen LogP contribution is -2.46. The SMILES string of the molecule is CCOCc1ccc(CNC(=NC)NC2CCCC(S(=O)CC)C2)cc1. The van der Waals surface area contributed by atoms with Crippen LogP contribution in [0.1, 0.15) is 50.7 Å². The van der Waals surface area contributed by atoms with Crippen LogP contribution in [0.4, 0.5) is 0 Å². The molecule has 1 fully saturated rings. The zero-order valence-corrected chi connectivity index (χ0v) is 17.1. The standard InChI is InChI=1S/C20H33N3O2S/c1-4-25-15-17-11-9-16(10-12-17)14-22-20(21-3)23-18-7-6-8-19(13-18)26(24)5-2/h9-12,18-19H,4-8,13-15H2,1-3H3,(H2,21,22,23). The Morgan fingerprint density at radius 3 is 2.62 bits per heavy atom. The molecule has 1 aliphatic rings. The summed E-state index contributed by atoms with van der Waals surface area (Å²) in [6, 6.07) is 8.80. The van der Waals surface area contributed by atoms with Gasteiger partial charge in [-0.25, -0.2) is 0 Å². The third-order valence-electron chi connectivity index (χ3n) is 4.80. The van der Waals surface area contributed by atoms with E-state index in [1.807, 2.05) is 13.8 Å². The molecule has 0 bridgehead atoms. The van der Waals surface area contributed by atoms with E-state index in [4.69, 9.17) is 4.74 Å². The van der Waals surface area contributed by atoms with Crippen LogP contribution in [0.15, 0.2) is 29.3 Å².